The molecule has 0 aromatic rings. The molecule has 0 atom stereocenters. The van der Waals surface area contributed by atoms with E-state index in [0.717, 1.165) is 12.8 Å². The SMILES string of the molecule is NC1CC(CNC(=O)CC(F)(F)F)C1. The van der Waals surface area contributed by atoms with Crippen molar-refractivity contribution in [3.05, 3.63) is 0 Å². The van der Waals surface area contributed by atoms with Crippen LogP contribution >= 0.6 is 0 Å². The van der Waals surface area contributed by atoms with E-state index in [0.29, 0.717) is 6.54 Å². The maximum Gasteiger partial charge on any atom is 0.397 e. The van der Waals surface area contributed by atoms with E-state index in [4.69, 9.17) is 5.73 Å². The fourth-order valence-corrected chi connectivity index (χ4v) is 1.46. The zero-order valence-corrected chi connectivity index (χ0v) is 7.60. The Kier molecular flexibility index (Phi) is 3.36. The van der Waals surface area contributed by atoms with Crippen LogP contribution in [0.2, 0.25) is 0 Å². The van der Waals surface area contributed by atoms with Gasteiger partial charge in [-0.2, -0.15) is 13.2 Å². The maximum atomic E-state index is 11.7. The Bertz CT molecular complexity index is 211. The fraction of sp³-hybridized carbons (Fsp3) is 0.875. The van der Waals surface area contributed by atoms with E-state index in [2.05, 4.69) is 5.32 Å². The molecule has 0 heterocycles. The summed E-state index contributed by atoms with van der Waals surface area (Å²) in [7, 11) is 0. The standard InChI is InChI=1S/C8H13F3N2O/c9-8(10,11)3-7(14)13-4-5-1-6(12)2-5/h5-6H,1-4,12H2,(H,13,14). The van der Waals surface area contributed by atoms with Gasteiger partial charge >= 0.3 is 6.18 Å². The molecule has 1 aliphatic rings. The summed E-state index contributed by atoms with van der Waals surface area (Å²) in [6.45, 7) is 0.308. The van der Waals surface area contributed by atoms with E-state index in [1.54, 1.807) is 0 Å². The van der Waals surface area contributed by atoms with Gasteiger partial charge in [-0.05, 0) is 18.8 Å². The van der Waals surface area contributed by atoms with Gasteiger partial charge in [-0.1, -0.05) is 0 Å². The molecule has 0 saturated heterocycles. The first-order chi connectivity index (χ1) is 6.37. The average Bonchev–Trinajstić information content (AvgIpc) is 1.92. The molecule has 1 saturated carbocycles. The van der Waals surface area contributed by atoms with Gasteiger partial charge < -0.3 is 11.1 Å². The van der Waals surface area contributed by atoms with E-state index < -0.39 is 18.5 Å². The second-order valence-corrected chi connectivity index (χ2v) is 3.69. The molecule has 1 rings (SSSR count). The van der Waals surface area contributed by atoms with Gasteiger partial charge in [0.05, 0.1) is 0 Å². The van der Waals surface area contributed by atoms with E-state index >= 15 is 0 Å². The molecule has 14 heavy (non-hydrogen) atoms. The summed E-state index contributed by atoms with van der Waals surface area (Å²) in [5.41, 5.74) is 5.48. The molecular formula is C8H13F3N2O. The number of halogens is 3. The predicted molar refractivity (Wildman–Crippen MR) is 44.4 cm³/mol. The molecular weight excluding hydrogens is 197 g/mol. The molecule has 3 N–H and O–H groups in total. The summed E-state index contributed by atoms with van der Waals surface area (Å²) in [6, 6.07) is 0.152. The molecule has 3 nitrogen and oxygen atoms in total. The summed E-state index contributed by atoms with van der Waals surface area (Å²) in [5, 5.41) is 2.25. The minimum absolute atomic E-state index is 0.152. The molecule has 0 bridgehead atoms. The molecule has 0 aliphatic heterocycles. The molecule has 1 fully saturated rings. The Morgan fingerprint density at radius 1 is 1.43 bits per heavy atom. The van der Waals surface area contributed by atoms with Crippen LogP contribution in [0.5, 0.6) is 0 Å². The van der Waals surface area contributed by atoms with Gasteiger partial charge in [0.2, 0.25) is 5.91 Å². The highest BCUT2D eigenvalue weighted by molar-refractivity contribution is 5.76. The lowest BCUT2D eigenvalue weighted by molar-refractivity contribution is -0.153. The first kappa shape index (κ1) is 11.3. The van der Waals surface area contributed by atoms with Crippen molar-refractivity contribution in [3.63, 3.8) is 0 Å². The predicted octanol–water partition coefficient (Wildman–Crippen LogP) is 0.792. The van der Waals surface area contributed by atoms with Gasteiger partial charge in [-0.15, -0.1) is 0 Å². The second kappa shape index (κ2) is 4.16. The summed E-state index contributed by atoms with van der Waals surface area (Å²) < 4.78 is 35.1. The zero-order chi connectivity index (χ0) is 10.8. The smallest absolute Gasteiger partial charge is 0.356 e. The summed E-state index contributed by atoms with van der Waals surface area (Å²) in [5.74, 6) is -0.708. The molecule has 6 heteroatoms. The zero-order valence-electron chi connectivity index (χ0n) is 7.60. The minimum Gasteiger partial charge on any atom is -0.356 e. The van der Waals surface area contributed by atoms with E-state index in [1.165, 1.54) is 0 Å². The largest absolute Gasteiger partial charge is 0.397 e. The van der Waals surface area contributed by atoms with Crippen LogP contribution in [0.15, 0.2) is 0 Å². The van der Waals surface area contributed by atoms with Gasteiger partial charge in [-0.3, -0.25) is 4.79 Å². The Balaban J connectivity index is 2.10. The number of hydrogen-bond donors (Lipinski definition) is 2. The fourth-order valence-electron chi connectivity index (χ4n) is 1.46. The first-order valence-corrected chi connectivity index (χ1v) is 4.46. The third-order valence-corrected chi connectivity index (χ3v) is 2.22. The number of carbonyl (C=O) groups is 1. The molecule has 1 aliphatic carbocycles. The van der Waals surface area contributed by atoms with Crippen molar-refractivity contribution in [2.45, 2.75) is 31.5 Å². The lowest BCUT2D eigenvalue weighted by Crippen LogP contribution is -2.43. The highest BCUT2D eigenvalue weighted by Crippen LogP contribution is 2.24. The van der Waals surface area contributed by atoms with Gasteiger partial charge in [-0.25, -0.2) is 0 Å². The van der Waals surface area contributed by atoms with E-state index in [9.17, 15) is 18.0 Å². The van der Waals surface area contributed by atoms with Crippen molar-refractivity contribution < 1.29 is 18.0 Å². The van der Waals surface area contributed by atoms with Crippen molar-refractivity contribution in [1.82, 2.24) is 5.32 Å². The topological polar surface area (TPSA) is 55.1 Å². The Morgan fingerprint density at radius 2 is 2.00 bits per heavy atom. The van der Waals surface area contributed by atoms with Crippen molar-refractivity contribution in [1.29, 1.82) is 0 Å². The number of amides is 1. The molecule has 82 valence electrons. The normalized spacial score (nSPS) is 26.9. The number of hydrogen-bond acceptors (Lipinski definition) is 2. The maximum absolute atomic E-state index is 11.7. The van der Waals surface area contributed by atoms with E-state index in [-0.39, 0.29) is 12.0 Å². The van der Waals surface area contributed by atoms with Crippen molar-refractivity contribution in [2.75, 3.05) is 6.54 Å². The van der Waals surface area contributed by atoms with Crippen molar-refractivity contribution in [2.24, 2.45) is 11.7 Å². The van der Waals surface area contributed by atoms with Crippen LogP contribution in [0.3, 0.4) is 0 Å². The summed E-state index contributed by atoms with van der Waals surface area (Å²) >= 11 is 0. The Morgan fingerprint density at radius 3 is 2.43 bits per heavy atom. The van der Waals surface area contributed by atoms with Crippen LogP contribution in [0, 0.1) is 5.92 Å². The molecule has 0 aromatic heterocycles. The third-order valence-electron chi connectivity index (χ3n) is 2.22. The van der Waals surface area contributed by atoms with Crippen LogP contribution in [0.25, 0.3) is 0 Å². The quantitative estimate of drug-likeness (QED) is 0.723. The van der Waals surface area contributed by atoms with Crippen LogP contribution in [0.4, 0.5) is 13.2 Å². The molecule has 0 aromatic carbocycles. The third kappa shape index (κ3) is 3.95. The Labute approximate surface area is 79.8 Å². The van der Waals surface area contributed by atoms with Crippen LogP contribution in [0.1, 0.15) is 19.3 Å². The monoisotopic (exact) mass is 210 g/mol. The van der Waals surface area contributed by atoms with Gasteiger partial charge in [0.1, 0.15) is 6.42 Å². The lowest BCUT2D eigenvalue weighted by atomic mass is 9.81. The van der Waals surface area contributed by atoms with Crippen LogP contribution in [-0.2, 0) is 4.79 Å². The second-order valence-electron chi connectivity index (χ2n) is 3.69. The summed E-state index contributed by atoms with van der Waals surface area (Å²) in [6.07, 6.45) is -4.25. The van der Waals surface area contributed by atoms with Gasteiger partial charge in [0.15, 0.2) is 0 Å². The molecule has 0 unspecified atom stereocenters. The van der Waals surface area contributed by atoms with Gasteiger partial charge in [0, 0.05) is 12.6 Å². The Hall–Kier alpha value is -0.780. The highest BCUT2D eigenvalue weighted by atomic mass is 19.4. The van der Waals surface area contributed by atoms with Crippen molar-refractivity contribution in [3.8, 4) is 0 Å². The van der Waals surface area contributed by atoms with Crippen LogP contribution in [-0.4, -0.2) is 24.7 Å². The number of carbonyl (C=O) groups excluding carboxylic acids is 1. The number of nitrogens with two attached hydrogens (primary N) is 1. The number of rotatable bonds is 3. The molecule has 0 radical (unpaired) electrons. The highest BCUT2D eigenvalue weighted by Gasteiger charge is 2.32. The lowest BCUT2D eigenvalue weighted by Gasteiger charge is -2.32. The minimum atomic E-state index is -4.42. The average molecular weight is 210 g/mol. The first-order valence-electron chi connectivity index (χ1n) is 4.46. The van der Waals surface area contributed by atoms with Crippen molar-refractivity contribution >= 4 is 5.91 Å². The van der Waals surface area contributed by atoms with Gasteiger partial charge in [0.25, 0.3) is 0 Å². The molecule has 0 spiro atoms. The summed E-state index contributed by atoms with van der Waals surface area (Å²) in [4.78, 5) is 10.7. The molecule has 1 amide bonds. The van der Waals surface area contributed by atoms with E-state index in [1.807, 2.05) is 0 Å². The number of alkyl halides is 3. The number of nitrogens with one attached hydrogen (secondary N) is 1. The van der Waals surface area contributed by atoms with Crippen LogP contribution < -0.4 is 11.1 Å².